The maximum Gasteiger partial charge on any atom is 0.410 e. The number of piperidine rings is 1. The molecule has 1 aromatic rings. The van der Waals surface area contributed by atoms with Crippen LogP contribution in [0.5, 0.6) is 0 Å². The van der Waals surface area contributed by atoms with E-state index >= 15 is 0 Å². The van der Waals surface area contributed by atoms with E-state index in [-0.39, 0.29) is 12.1 Å². The van der Waals surface area contributed by atoms with Crippen LogP contribution in [0.2, 0.25) is 0 Å². The first-order valence-corrected chi connectivity index (χ1v) is 6.98. The quantitative estimate of drug-likeness (QED) is 0.833. The Morgan fingerprint density at radius 1 is 1.55 bits per heavy atom. The number of ether oxygens (including phenoxy) is 1. The van der Waals surface area contributed by atoms with Gasteiger partial charge in [0.05, 0.1) is 6.04 Å². The minimum absolute atomic E-state index is 0.135. The molecule has 1 aliphatic heterocycles. The zero-order chi connectivity index (χ0) is 14.8. The van der Waals surface area contributed by atoms with E-state index in [0.717, 1.165) is 31.7 Å². The Kier molecular flexibility index (Phi) is 4.20. The molecule has 1 amide bonds. The Bertz CT molecular complexity index is 439. The highest BCUT2D eigenvalue weighted by molar-refractivity contribution is 5.68. The third kappa shape index (κ3) is 3.65. The predicted octanol–water partition coefficient (Wildman–Crippen LogP) is 2.51. The van der Waals surface area contributed by atoms with Crippen LogP contribution >= 0.6 is 0 Å². The first kappa shape index (κ1) is 14.7. The molecule has 0 bridgehead atoms. The molecule has 1 aromatic heterocycles. The van der Waals surface area contributed by atoms with E-state index < -0.39 is 5.60 Å². The molecule has 20 heavy (non-hydrogen) atoms. The Hall–Kier alpha value is -1.72. The van der Waals surface area contributed by atoms with Crippen molar-refractivity contribution >= 4 is 11.9 Å². The molecule has 112 valence electrons. The van der Waals surface area contributed by atoms with Gasteiger partial charge in [0.2, 0.25) is 0 Å². The van der Waals surface area contributed by atoms with Gasteiger partial charge in [-0.1, -0.05) is 5.16 Å². The van der Waals surface area contributed by atoms with Gasteiger partial charge in [-0.05, 0) is 33.6 Å². The van der Waals surface area contributed by atoms with Crippen LogP contribution < -0.4 is 4.90 Å². The third-order valence-electron chi connectivity index (χ3n) is 3.37. The minimum Gasteiger partial charge on any atom is -0.444 e. The zero-order valence-corrected chi connectivity index (χ0v) is 12.6. The fourth-order valence-electron chi connectivity index (χ4n) is 2.33. The second-order valence-corrected chi connectivity index (χ2v) is 6.19. The van der Waals surface area contributed by atoms with E-state index in [9.17, 15) is 4.79 Å². The van der Waals surface area contributed by atoms with Crippen LogP contribution in [-0.4, -0.2) is 47.9 Å². The molecule has 1 atom stereocenters. The summed E-state index contributed by atoms with van der Waals surface area (Å²) in [6.45, 7) is 7.32. The fraction of sp³-hybridized carbons (Fsp3) is 0.714. The summed E-state index contributed by atoms with van der Waals surface area (Å²) in [5, 5.41) is 3.95. The number of hydrogen-bond acceptors (Lipinski definition) is 5. The van der Waals surface area contributed by atoms with Gasteiger partial charge in [0.1, 0.15) is 11.9 Å². The summed E-state index contributed by atoms with van der Waals surface area (Å²) in [7, 11) is 1.80. The number of likely N-dealkylation sites (N-methyl/N-ethyl adjacent to an activating group) is 1. The van der Waals surface area contributed by atoms with Gasteiger partial charge in [-0.25, -0.2) is 4.79 Å². The molecule has 2 rings (SSSR count). The number of carbonyl (C=O) groups excluding carboxylic acids is 1. The maximum atomic E-state index is 12.1. The maximum absolute atomic E-state index is 12.1. The largest absolute Gasteiger partial charge is 0.444 e. The second kappa shape index (κ2) is 5.73. The highest BCUT2D eigenvalue weighted by atomic mass is 16.6. The second-order valence-electron chi connectivity index (χ2n) is 6.19. The smallest absolute Gasteiger partial charge is 0.410 e. The molecule has 0 saturated carbocycles. The fourth-order valence-corrected chi connectivity index (χ4v) is 2.33. The lowest BCUT2D eigenvalue weighted by molar-refractivity contribution is 0.0209. The number of rotatable bonds is 2. The Balaban J connectivity index is 1.96. The normalized spacial score (nSPS) is 19.8. The molecule has 1 saturated heterocycles. The van der Waals surface area contributed by atoms with Crippen molar-refractivity contribution < 1.29 is 14.1 Å². The average Bonchev–Trinajstić information content (AvgIpc) is 2.90. The standard InChI is InChI=1S/C14H23N3O3/c1-14(2,3)20-13(18)16(4)11-6-5-8-17(10-11)12-7-9-19-15-12/h7,9,11H,5-6,8,10H2,1-4H3/t11-/m1/s1. The van der Waals surface area contributed by atoms with E-state index in [4.69, 9.17) is 9.26 Å². The van der Waals surface area contributed by atoms with E-state index in [0.29, 0.717) is 0 Å². The Morgan fingerprint density at radius 2 is 2.30 bits per heavy atom. The lowest BCUT2D eigenvalue weighted by Gasteiger charge is -2.37. The first-order valence-electron chi connectivity index (χ1n) is 6.98. The summed E-state index contributed by atoms with van der Waals surface area (Å²) in [5.41, 5.74) is -0.466. The minimum atomic E-state index is -0.466. The van der Waals surface area contributed by atoms with Gasteiger partial charge in [0, 0.05) is 26.2 Å². The van der Waals surface area contributed by atoms with E-state index in [2.05, 4.69) is 10.1 Å². The van der Waals surface area contributed by atoms with Crippen LogP contribution in [0.1, 0.15) is 33.6 Å². The molecule has 0 spiro atoms. The molecule has 2 heterocycles. The first-order chi connectivity index (χ1) is 9.37. The third-order valence-corrected chi connectivity index (χ3v) is 3.37. The number of amides is 1. The van der Waals surface area contributed by atoms with Crippen molar-refractivity contribution in [1.82, 2.24) is 10.1 Å². The number of carbonyl (C=O) groups is 1. The summed E-state index contributed by atoms with van der Waals surface area (Å²) in [6, 6.07) is 1.98. The predicted molar refractivity (Wildman–Crippen MR) is 75.7 cm³/mol. The summed E-state index contributed by atoms with van der Waals surface area (Å²) in [5.74, 6) is 0.826. The molecule has 0 N–H and O–H groups in total. The molecule has 1 aliphatic rings. The number of anilines is 1. The van der Waals surface area contributed by atoms with Crippen molar-refractivity contribution in [1.29, 1.82) is 0 Å². The van der Waals surface area contributed by atoms with Gasteiger partial charge in [0.25, 0.3) is 0 Å². The van der Waals surface area contributed by atoms with Crippen molar-refractivity contribution in [3.05, 3.63) is 12.3 Å². The molecular formula is C14H23N3O3. The van der Waals surface area contributed by atoms with Crippen molar-refractivity contribution in [3.8, 4) is 0 Å². The van der Waals surface area contributed by atoms with Crippen LogP contribution in [0.4, 0.5) is 10.6 Å². The molecule has 0 aliphatic carbocycles. The van der Waals surface area contributed by atoms with Gasteiger partial charge in [-0.15, -0.1) is 0 Å². The number of hydrogen-bond donors (Lipinski definition) is 0. The Morgan fingerprint density at radius 3 is 2.90 bits per heavy atom. The lowest BCUT2D eigenvalue weighted by Crippen LogP contribution is -2.49. The van der Waals surface area contributed by atoms with Gasteiger partial charge in [-0.2, -0.15) is 0 Å². The van der Waals surface area contributed by atoms with Crippen molar-refractivity contribution in [2.45, 2.75) is 45.3 Å². The lowest BCUT2D eigenvalue weighted by atomic mass is 10.0. The summed E-state index contributed by atoms with van der Waals surface area (Å²) < 4.78 is 10.3. The van der Waals surface area contributed by atoms with Crippen LogP contribution in [0.25, 0.3) is 0 Å². The molecule has 6 heteroatoms. The summed E-state index contributed by atoms with van der Waals surface area (Å²) >= 11 is 0. The highest BCUT2D eigenvalue weighted by Gasteiger charge is 2.29. The number of nitrogens with zero attached hydrogens (tertiary/aromatic N) is 3. The van der Waals surface area contributed by atoms with Crippen LogP contribution in [-0.2, 0) is 4.74 Å². The van der Waals surface area contributed by atoms with Gasteiger partial charge >= 0.3 is 6.09 Å². The molecule has 1 fully saturated rings. The van der Waals surface area contributed by atoms with E-state index in [1.807, 2.05) is 26.8 Å². The average molecular weight is 281 g/mol. The van der Waals surface area contributed by atoms with Crippen molar-refractivity contribution in [2.24, 2.45) is 0 Å². The van der Waals surface area contributed by atoms with Gasteiger partial charge in [-0.3, -0.25) is 0 Å². The van der Waals surface area contributed by atoms with Crippen LogP contribution in [0.15, 0.2) is 16.9 Å². The van der Waals surface area contributed by atoms with Crippen LogP contribution in [0, 0.1) is 0 Å². The summed E-state index contributed by atoms with van der Waals surface area (Å²) in [4.78, 5) is 15.9. The molecule has 6 nitrogen and oxygen atoms in total. The topological polar surface area (TPSA) is 58.8 Å². The monoisotopic (exact) mass is 281 g/mol. The van der Waals surface area contributed by atoms with Crippen molar-refractivity contribution in [2.75, 3.05) is 25.0 Å². The van der Waals surface area contributed by atoms with Crippen molar-refractivity contribution in [3.63, 3.8) is 0 Å². The van der Waals surface area contributed by atoms with Gasteiger partial charge < -0.3 is 19.1 Å². The number of aromatic nitrogens is 1. The SMILES string of the molecule is CN(C(=O)OC(C)(C)C)[C@@H]1CCCN(c2ccon2)C1. The molecule has 0 unspecified atom stereocenters. The summed E-state index contributed by atoms with van der Waals surface area (Å²) in [6.07, 6.45) is 3.29. The zero-order valence-electron chi connectivity index (χ0n) is 12.6. The van der Waals surface area contributed by atoms with E-state index in [1.54, 1.807) is 18.2 Å². The Labute approximate surface area is 119 Å². The van der Waals surface area contributed by atoms with E-state index in [1.165, 1.54) is 0 Å². The van der Waals surface area contributed by atoms with Gasteiger partial charge in [0.15, 0.2) is 5.82 Å². The van der Waals surface area contributed by atoms with Crippen LogP contribution in [0.3, 0.4) is 0 Å². The molecule has 0 radical (unpaired) electrons. The molecular weight excluding hydrogens is 258 g/mol. The molecule has 0 aromatic carbocycles. The highest BCUT2D eigenvalue weighted by Crippen LogP contribution is 2.21.